The zero-order valence-corrected chi connectivity index (χ0v) is 25.0. The molecular weight excluding hydrogens is 558 g/mol. The molecule has 0 bridgehead atoms. The summed E-state index contributed by atoms with van der Waals surface area (Å²) in [6.07, 6.45) is 1.78. The minimum atomic E-state index is -0.0945. The predicted octanol–water partition coefficient (Wildman–Crippen LogP) is 2.52. The van der Waals surface area contributed by atoms with Crippen molar-refractivity contribution >= 4 is 45.7 Å². The highest BCUT2D eigenvalue weighted by Crippen LogP contribution is 2.29. The number of aliphatic hydroxyl groups excluding tert-OH is 1. The first kappa shape index (κ1) is 29.5. The number of aliphatic hydroxyl groups is 1. The molecule has 12 nitrogen and oxygen atoms in total. The molecule has 6 rings (SSSR count). The van der Waals surface area contributed by atoms with Crippen LogP contribution in [0, 0.1) is 6.92 Å². The highest BCUT2D eigenvalue weighted by atomic mass is 16.3. The van der Waals surface area contributed by atoms with Crippen molar-refractivity contribution in [1.82, 2.24) is 29.9 Å². The van der Waals surface area contributed by atoms with Gasteiger partial charge in [0, 0.05) is 75.5 Å². The molecule has 4 N–H and O–H groups in total. The van der Waals surface area contributed by atoms with Crippen molar-refractivity contribution in [3.8, 4) is 0 Å². The Morgan fingerprint density at radius 3 is 2.41 bits per heavy atom. The third kappa shape index (κ3) is 6.99. The lowest BCUT2D eigenvalue weighted by Crippen LogP contribution is -2.50. The van der Waals surface area contributed by atoms with E-state index in [4.69, 9.17) is 4.98 Å². The molecule has 4 aromatic rings. The number of β-amino-alcohol motifs (C(OH)–C–C–N with tert-alkyl or cyclic N) is 1. The summed E-state index contributed by atoms with van der Waals surface area (Å²) in [4.78, 5) is 39.6. The average molecular weight is 598 g/mol. The van der Waals surface area contributed by atoms with Gasteiger partial charge in [-0.2, -0.15) is 5.10 Å². The first-order chi connectivity index (χ1) is 21.4. The Bertz CT molecular complexity index is 1590. The molecule has 2 fully saturated rings. The van der Waals surface area contributed by atoms with E-state index in [1.54, 1.807) is 6.20 Å². The van der Waals surface area contributed by atoms with Crippen LogP contribution in [0.3, 0.4) is 0 Å². The van der Waals surface area contributed by atoms with Crippen molar-refractivity contribution in [3.63, 3.8) is 0 Å². The van der Waals surface area contributed by atoms with Gasteiger partial charge in [0.05, 0.1) is 30.6 Å². The van der Waals surface area contributed by atoms with Crippen molar-refractivity contribution in [1.29, 1.82) is 0 Å². The standard InChI is InChI=1S/C32H39N9O3/c1-23-2-4-24(5-3-23)32(44)41-16-14-40(15-17-41)31-28(35-30(43)22-39-12-10-38(11-13-39)18-19-42)8-9-29(36-31)34-26-6-7-27-25(20-26)21-33-37-27/h2-9,20-21,42H,10-19,22H2,1H3,(H,33,37)(H,34,36)(H,35,43). The van der Waals surface area contributed by atoms with Crippen LogP contribution in [0.15, 0.2) is 60.8 Å². The number of H-pyrrole nitrogens is 1. The number of pyridine rings is 1. The first-order valence-corrected chi connectivity index (χ1v) is 15.1. The highest BCUT2D eigenvalue weighted by molar-refractivity contribution is 5.96. The topological polar surface area (TPSA) is 133 Å². The van der Waals surface area contributed by atoms with Gasteiger partial charge in [-0.25, -0.2) is 4.98 Å². The van der Waals surface area contributed by atoms with E-state index in [1.807, 2.05) is 66.4 Å². The van der Waals surface area contributed by atoms with E-state index in [0.717, 1.165) is 48.3 Å². The Labute approximate surface area is 256 Å². The fourth-order valence-electron chi connectivity index (χ4n) is 5.73. The molecule has 4 heterocycles. The second-order valence-electron chi connectivity index (χ2n) is 11.4. The zero-order chi connectivity index (χ0) is 30.5. The molecular formula is C32H39N9O3. The summed E-state index contributed by atoms with van der Waals surface area (Å²) in [5, 5.41) is 23.8. The smallest absolute Gasteiger partial charge is 0.253 e. The number of rotatable bonds is 9. The number of aromatic amines is 1. The second kappa shape index (κ2) is 13.4. The van der Waals surface area contributed by atoms with E-state index in [0.29, 0.717) is 55.6 Å². The van der Waals surface area contributed by atoms with Gasteiger partial charge in [0.1, 0.15) is 5.82 Å². The van der Waals surface area contributed by atoms with Crippen LogP contribution >= 0.6 is 0 Å². The van der Waals surface area contributed by atoms with Gasteiger partial charge in [0.2, 0.25) is 5.91 Å². The Kier molecular flexibility index (Phi) is 9.01. The maximum absolute atomic E-state index is 13.2. The van der Waals surface area contributed by atoms with Crippen molar-refractivity contribution in [3.05, 3.63) is 71.9 Å². The van der Waals surface area contributed by atoms with Crippen LogP contribution in [0.25, 0.3) is 10.9 Å². The molecule has 0 radical (unpaired) electrons. The van der Waals surface area contributed by atoms with Crippen LogP contribution in [0.2, 0.25) is 0 Å². The van der Waals surface area contributed by atoms with Gasteiger partial charge >= 0.3 is 0 Å². The van der Waals surface area contributed by atoms with Crippen LogP contribution in [-0.2, 0) is 4.79 Å². The van der Waals surface area contributed by atoms with E-state index >= 15 is 0 Å². The number of amides is 2. The number of hydrogen-bond acceptors (Lipinski definition) is 9. The van der Waals surface area contributed by atoms with E-state index in [9.17, 15) is 14.7 Å². The first-order valence-electron chi connectivity index (χ1n) is 15.1. The monoisotopic (exact) mass is 597 g/mol. The quantitative estimate of drug-likeness (QED) is 0.230. The van der Waals surface area contributed by atoms with Gasteiger partial charge in [-0.05, 0) is 49.4 Å². The number of fused-ring (bicyclic) bond motifs is 1. The van der Waals surface area contributed by atoms with Crippen LogP contribution in [0.4, 0.5) is 23.0 Å². The maximum Gasteiger partial charge on any atom is 0.253 e. The number of aryl methyl sites for hydroxylation is 1. The Hall–Kier alpha value is -4.52. The Morgan fingerprint density at radius 1 is 0.909 bits per heavy atom. The molecule has 2 aliphatic heterocycles. The van der Waals surface area contributed by atoms with E-state index in [2.05, 4.69) is 35.5 Å². The lowest BCUT2D eigenvalue weighted by molar-refractivity contribution is -0.117. The minimum absolute atomic E-state index is 0.0234. The molecule has 0 atom stereocenters. The normalized spacial score (nSPS) is 16.3. The molecule has 2 aliphatic rings. The lowest BCUT2D eigenvalue weighted by atomic mass is 10.1. The third-order valence-corrected chi connectivity index (χ3v) is 8.28. The predicted molar refractivity (Wildman–Crippen MR) is 172 cm³/mol. The molecule has 44 heavy (non-hydrogen) atoms. The zero-order valence-electron chi connectivity index (χ0n) is 25.0. The summed E-state index contributed by atoms with van der Waals surface area (Å²) in [5.74, 6) is 1.25. The molecule has 0 spiro atoms. The van der Waals surface area contributed by atoms with Gasteiger partial charge in [0.25, 0.3) is 5.91 Å². The van der Waals surface area contributed by atoms with Gasteiger partial charge in [0.15, 0.2) is 5.82 Å². The van der Waals surface area contributed by atoms with Crippen LogP contribution in [0.5, 0.6) is 0 Å². The van der Waals surface area contributed by atoms with Gasteiger partial charge in [-0.1, -0.05) is 17.7 Å². The number of nitrogens with one attached hydrogen (secondary N) is 3. The largest absolute Gasteiger partial charge is 0.395 e. The number of nitrogens with zero attached hydrogens (tertiary/aromatic N) is 6. The maximum atomic E-state index is 13.2. The van der Waals surface area contributed by atoms with Gasteiger partial charge in [-0.3, -0.25) is 24.5 Å². The van der Waals surface area contributed by atoms with Crippen LogP contribution in [0.1, 0.15) is 15.9 Å². The molecule has 0 aliphatic carbocycles. The van der Waals surface area contributed by atoms with E-state index in [1.165, 1.54) is 0 Å². The number of hydrogen-bond donors (Lipinski definition) is 4. The summed E-state index contributed by atoms with van der Waals surface area (Å²) in [6.45, 7) is 8.60. The third-order valence-electron chi connectivity index (χ3n) is 8.28. The molecule has 2 aromatic carbocycles. The highest BCUT2D eigenvalue weighted by Gasteiger charge is 2.26. The number of carbonyl (C=O) groups is 2. The summed E-state index contributed by atoms with van der Waals surface area (Å²) >= 11 is 0. The Balaban J connectivity index is 1.16. The molecule has 230 valence electrons. The fourth-order valence-corrected chi connectivity index (χ4v) is 5.73. The lowest BCUT2D eigenvalue weighted by Gasteiger charge is -2.36. The van der Waals surface area contributed by atoms with Crippen molar-refractivity contribution in [2.24, 2.45) is 0 Å². The fraction of sp³-hybridized carbons (Fsp3) is 0.375. The SMILES string of the molecule is Cc1ccc(C(=O)N2CCN(c3nc(Nc4ccc5[nH]ncc5c4)ccc3NC(=O)CN3CCN(CCO)CC3)CC2)cc1. The summed E-state index contributed by atoms with van der Waals surface area (Å²) in [5.41, 5.74) is 4.28. The van der Waals surface area contributed by atoms with Gasteiger partial charge in [-0.15, -0.1) is 0 Å². The Morgan fingerprint density at radius 2 is 1.66 bits per heavy atom. The van der Waals surface area contributed by atoms with Crippen molar-refractivity contribution in [2.45, 2.75) is 6.92 Å². The number of piperazine rings is 2. The summed E-state index contributed by atoms with van der Waals surface area (Å²) < 4.78 is 0. The molecule has 12 heteroatoms. The molecule has 0 saturated carbocycles. The minimum Gasteiger partial charge on any atom is -0.395 e. The number of carbonyl (C=O) groups excluding carboxylic acids is 2. The summed E-state index contributed by atoms with van der Waals surface area (Å²) in [7, 11) is 0. The second-order valence-corrected chi connectivity index (χ2v) is 11.4. The van der Waals surface area contributed by atoms with Gasteiger partial charge < -0.3 is 25.5 Å². The van der Waals surface area contributed by atoms with Crippen molar-refractivity contribution < 1.29 is 14.7 Å². The molecule has 2 saturated heterocycles. The van der Waals surface area contributed by atoms with Crippen molar-refractivity contribution in [2.75, 3.05) is 87.6 Å². The van der Waals surface area contributed by atoms with Crippen LogP contribution < -0.4 is 15.5 Å². The number of aromatic nitrogens is 3. The number of anilines is 4. The summed E-state index contributed by atoms with van der Waals surface area (Å²) in [6, 6.07) is 17.4. The molecule has 0 unspecified atom stereocenters. The molecule has 2 amide bonds. The molecule has 2 aromatic heterocycles. The van der Waals surface area contributed by atoms with E-state index in [-0.39, 0.29) is 25.0 Å². The average Bonchev–Trinajstić information content (AvgIpc) is 3.51. The number of benzene rings is 2. The van der Waals surface area contributed by atoms with Crippen LogP contribution in [-0.4, -0.2) is 119 Å². The van der Waals surface area contributed by atoms with E-state index < -0.39 is 0 Å².